The van der Waals surface area contributed by atoms with Gasteiger partial charge in [-0.25, -0.2) is 9.97 Å². The summed E-state index contributed by atoms with van der Waals surface area (Å²) in [6, 6.07) is 6.92. The fourth-order valence-corrected chi connectivity index (χ4v) is 1.87. The summed E-state index contributed by atoms with van der Waals surface area (Å²) in [6.45, 7) is 0. The molecule has 0 unspecified atom stereocenters. The summed E-state index contributed by atoms with van der Waals surface area (Å²) < 4.78 is 1.24. The second-order valence-corrected chi connectivity index (χ2v) is 4.73. The Morgan fingerprint density at radius 2 is 2.00 bits per heavy atom. The van der Waals surface area contributed by atoms with Crippen molar-refractivity contribution in [3.63, 3.8) is 0 Å². The smallest absolute Gasteiger partial charge is 0.258 e. The van der Waals surface area contributed by atoms with Gasteiger partial charge in [-0.15, -0.1) is 0 Å². The van der Waals surface area contributed by atoms with E-state index in [4.69, 9.17) is 0 Å². The minimum absolute atomic E-state index is 0.228. The fraction of sp³-hybridized carbons (Fsp3) is 0. The number of carbonyl (C=O) groups excluding carboxylic acids is 1. The maximum atomic E-state index is 11.9. The molecule has 86 valence electrons. The van der Waals surface area contributed by atoms with E-state index in [0.29, 0.717) is 15.9 Å². The normalized spacial score (nSPS) is 10.0. The molecule has 0 aromatic carbocycles. The van der Waals surface area contributed by atoms with Crippen molar-refractivity contribution in [1.29, 1.82) is 0 Å². The molecule has 0 saturated heterocycles. The van der Waals surface area contributed by atoms with Crippen LogP contribution in [0.5, 0.6) is 0 Å². The Balaban J connectivity index is 2.17. The largest absolute Gasteiger partial charge is 0.321 e. The second-order valence-electron chi connectivity index (χ2n) is 3.17. The van der Waals surface area contributed by atoms with Gasteiger partial charge in [0.05, 0.1) is 17.4 Å². The summed E-state index contributed by atoms with van der Waals surface area (Å²) in [5, 5.41) is 2.73. The molecular formula is C11H7Br2N3O. The Bertz CT molecular complexity index is 543. The predicted molar refractivity (Wildman–Crippen MR) is 71.8 cm³/mol. The summed E-state index contributed by atoms with van der Waals surface area (Å²) in [5.41, 5.74) is 1.12. The molecule has 0 bridgehead atoms. The van der Waals surface area contributed by atoms with E-state index in [-0.39, 0.29) is 5.91 Å². The molecule has 0 atom stereocenters. The lowest BCUT2D eigenvalue weighted by Crippen LogP contribution is -2.13. The standard InChI is InChI=1S/C11H7Br2N3O/c12-9-4-3-7(6-15-9)16-11(17)8-2-1-5-14-10(8)13/h1-6H,(H,16,17). The van der Waals surface area contributed by atoms with Crippen molar-refractivity contribution in [2.24, 2.45) is 0 Å². The van der Waals surface area contributed by atoms with Crippen molar-refractivity contribution in [2.75, 3.05) is 5.32 Å². The van der Waals surface area contributed by atoms with Crippen molar-refractivity contribution < 1.29 is 4.79 Å². The number of nitrogens with one attached hydrogen (secondary N) is 1. The van der Waals surface area contributed by atoms with Gasteiger partial charge in [0.25, 0.3) is 5.91 Å². The minimum atomic E-state index is -0.228. The molecule has 1 amide bonds. The third-order valence-electron chi connectivity index (χ3n) is 1.99. The van der Waals surface area contributed by atoms with Crippen molar-refractivity contribution in [1.82, 2.24) is 9.97 Å². The zero-order valence-corrected chi connectivity index (χ0v) is 11.7. The van der Waals surface area contributed by atoms with Gasteiger partial charge in [-0.2, -0.15) is 0 Å². The summed E-state index contributed by atoms with van der Waals surface area (Å²) >= 11 is 6.45. The van der Waals surface area contributed by atoms with Gasteiger partial charge >= 0.3 is 0 Å². The first-order valence-electron chi connectivity index (χ1n) is 4.70. The molecule has 0 saturated carbocycles. The molecule has 0 aliphatic carbocycles. The first kappa shape index (κ1) is 12.2. The number of anilines is 1. The average Bonchev–Trinajstić information content (AvgIpc) is 2.32. The van der Waals surface area contributed by atoms with Crippen LogP contribution in [0.3, 0.4) is 0 Å². The number of carbonyl (C=O) groups is 1. The predicted octanol–water partition coefficient (Wildman–Crippen LogP) is 3.25. The van der Waals surface area contributed by atoms with Crippen molar-refractivity contribution >= 4 is 43.5 Å². The molecule has 6 heteroatoms. The van der Waals surface area contributed by atoms with Crippen molar-refractivity contribution in [2.45, 2.75) is 0 Å². The lowest BCUT2D eigenvalue weighted by molar-refractivity contribution is 0.102. The molecule has 4 nitrogen and oxygen atoms in total. The highest BCUT2D eigenvalue weighted by Gasteiger charge is 2.10. The van der Waals surface area contributed by atoms with Crippen molar-refractivity contribution in [3.05, 3.63) is 51.4 Å². The Morgan fingerprint density at radius 1 is 1.18 bits per heavy atom. The molecule has 1 N–H and O–H groups in total. The van der Waals surface area contributed by atoms with Crippen LogP contribution in [0.2, 0.25) is 0 Å². The zero-order valence-electron chi connectivity index (χ0n) is 8.52. The summed E-state index contributed by atoms with van der Waals surface area (Å²) in [4.78, 5) is 19.9. The van der Waals surface area contributed by atoms with E-state index in [9.17, 15) is 4.79 Å². The van der Waals surface area contributed by atoms with Gasteiger partial charge in [0.15, 0.2) is 0 Å². The minimum Gasteiger partial charge on any atom is -0.321 e. The third kappa shape index (κ3) is 3.10. The zero-order chi connectivity index (χ0) is 12.3. The van der Waals surface area contributed by atoms with Gasteiger partial charge in [0.2, 0.25) is 0 Å². The van der Waals surface area contributed by atoms with Crippen LogP contribution in [0.4, 0.5) is 5.69 Å². The number of aromatic nitrogens is 2. The highest BCUT2D eigenvalue weighted by Crippen LogP contribution is 2.16. The lowest BCUT2D eigenvalue weighted by Gasteiger charge is -2.05. The summed E-state index contributed by atoms with van der Waals surface area (Å²) in [7, 11) is 0. The number of rotatable bonds is 2. The maximum Gasteiger partial charge on any atom is 0.258 e. The van der Waals surface area contributed by atoms with Crippen molar-refractivity contribution in [3.8, 4) is 0 Å². The molecule has 0 spiro atoms. The van der Waals surface area contributed by atoms with E-state index in [1.54, 1.807) is 36.7 Å². The molecule has 0 radical (unpaired) electrons. The molecule has 2 rings (SSSR count). The monoisotopic (exact) mass is 355 g/mol. The molecule has 0 aliphatic rings. The molecule has 2 heterocycles. The lowest BCUT2D eigenvalue weighted by atomic mass is 10.2. The van der Waals surface area contributed by atoms with Gasteiger partial charge in [-0.3, -0.25) is 4.79 Å². The number of amides is 1. The number of hydrogen-bond acceptors (Lipinski definition) is 3. The van der Waals surface area contributed by atoms with Crippen LogP contribution >= 0.6 is 31.9 Å². The average molecular weight is 357 g/mol. The SMILES string of the molecule is O=C(Nc1ccc(Br)nc1)c1cccnc1Br. The molecule has 2 aromatic heterocycles. The quantitative estimate of drug-likeness (QED) is 0.840. The Labute approximate surface area is 115 Å². The van der Waals surface area contributed by atoms with Crippen LogP contribution in [0.15, 0.2) is 45.9 Å². The van der Waals surface area contributed by atoms with Crippen LogP contribution in [-0.2, 0) is 0 Å². The van der Waals surface area contributed by atoms with Crippen LogP contribution < -0.4 is 5.32 Å². The molecule has 0 fully saturated rings. The third-order valence-corrected chi connectivity index (χ3v) is 3.09. The molecule has 2 aromatic rings. The van der Waals surface area contributed by atoms with Crippen LogP contribution in [0.25, 0.3) is 0 Å². The van der Waals surface area contributed by atoms with E-state index in [1.807, 2.05) is 0 Å². The van der Waals surface area contributed by atoms with E-state index < -0.39 is 0 Å². The maximum absolute atomic E-state index is 11.9. The molecule has 0 aliphatic heterocycles. The molecular weight excluding hydrogens is 350 g/mol. The fourth-order valence-electron chi connectivity index (χ4n) is 1.20. The Hall–Kier alpha value is -1.27. The van der Waals surface area contributed by atoms with Gasteiger partial charge in [0.1, 0.15) is 9.21 Å². The van der Waals surface area contributed by atoms with E-state index >= 15 is 0 Å². The van der Waals surface area contributed by atoms with Crippen LogP contribution in [0.1, 0.15) is 10.4 Å². The Kier molecular flexibility index (Phi) is 3.86. The van der Waals surface area contributed by atoms with Crippen LogP contribution in [-0.4, -0.2) is 15.9 Å². The van der Waals surface area contributed by atoms with Gasteiger partial charge in [0, 0.05) is 6.20 Å². The van der Waals surface area contributed by atoms with E-state index in [0.717, 1.165) is 4.60 Å². The highest BCUT2D eigenvalue weighted by atomic mass is 79.9. The highest BCUT2D eigenvalue weighted by molar-refractivity contribution is 9.10. The summed E-state index contributed by atoms with van der Waals surface area (Å²) in [6.07, 6.45) is 3.19. The van der Waals surface area contributed by atoms with E-state index in [2.05, 4.69) is 47.1 Å². The van der Waals surface area contributed by atoms with Gasteiger partial charge in [-0.05, 0) is 56.1 Å². The number of hydrogen-bond donors (Lipinski definition) is 1. The van der Waals surface area contributed by atoms with E-state index in [1.165, 1.54) is 0 Å². The number of pyridine rings is 2. The van der Waals surface area contributed by atoms with Crippen LogP contribution in [0, 0.1) is 0 Å². The van der Waals surface area contributed by atoms with Gasteiger partial charge in [-0.1, -0.05) is 0 Å². The second kappa shape index (κ2) is 5.37. The molecule has 17 heavy (non-hydrogen) atoms. The first-order chi connectivity index (χ1) is 8.16. The Morgan fingerprint density at radius 3 is 2.65 bits per heavy atom. The topological polar surface area (TPSA) is 54.9 Å². The van der Waals surface area contributed by atoms with Gasteiger partial charge < -0.3 is 5.32 Å². The number of halogens is 2. The number of nitrogens with zero attached hydrogens (tertiary/aromatic N) is 2. The summed E-state index contributed by atoms with van der Waals surface area (Å²) in [5.74, 6) is -0.228. The first-order valence-corrected chi connectivity index (χ1v) is 6.29.